The monoisotopic (exact) mass is 334 g/mol. The van der Waals surface area contributed by atoms with Crippen molar-refractivity contribution in [2.45, 2.75) is 13.5 Å². The van der Waals surface area contributed by atoms with E-state index < -0.39 is 0 Å². The Hall–Kier alpha value is -2.01. The van der Waals surface area contributed by atoms with Gasteiger partial charge in [0.05, 0.1) is 5.69 Å². The van der Waals surface area contributed by atoms with Gasteiger partial charge in [0.15, 0.2) is 0 Å². The molecule has 3 N–H and O–H groups in total. The number of carbonyl (C=O) groups excluding carboxylic acids is 1. The average Bonchev–Trinajstić information content (AvgIpc) is 2.41. The number of halogens is 1. The van der Waals surface area contributed by atoms with Gasteiger partial charge in [-0.05, 0) is 36.2 Å². The number of hydrogen-bond donors (Lipinski definition) is 3. The third-order valence-electron chi connectivity index (χ3n) is 2.80. The van der Waals surface area contributed by atoms with E-state index in [2.05, 4.69) is 26.6 Å². The minimum atomic E-state index is -0.361. The number of urea groups is 1. The van der Waals surface area contributed by atoms with Crippen LogP contribution in [0.5, 0.6) is 5.75 Å². The highest BCUT2D eigenvalue weighted by atomic mass is 79.9. The number of anilines is 1. The van der Waals surface area contributed by atoms with Gasteiger partial charge in [0, 0.05) is 11.0 Å². The van der Waals surface area contributed by atoms with Crippen molar-refractivity contribution in [3.63, 3.8) is 0 Å². The van der Waals surface area contributed by atoms with Gasteiger partial charge in [-0.2, -0.15) is 0 Å². The molecule has 5 heteroatoms. The van der Waals surface area contributed by atoms with Crippen LogP contribution in [0.4, 0.5) is 10.5 Å². The summed E-state index contributed by atoms with van der Waals surface area (Å²) in [5.74, 6) is 0.0565. The van der Waals surface area contributed by atoms with E-state index >= 15 is 0 Å². The van der Waals surface area contributed by atoms with Crippen LogP contribution in [0.15, 0.2) is 46.9 Å². The van der Waals surface area contributed by atoms with E-state index in [-0.39, 0.29) is 11.8 Å². The second-order valence-corrected chi connectivity index (χ2v) is 5.27. The zero-order chi connectivity index (χ0) is 14.5. The van der Waals surface area contributed by atoms with Crippen LogP contribution < -0.4 is 10.6 Å². The second kappa shape index (κ2) is 6.43. The van der Waals surface area contributed by atoms with Crippen molar-refractivity contribution in [2.24, 2.45) is 0 Å². The van der Waals surface area contributed by atoms with Gasteiger partial charge in [-0.25, -0.2) is 4.79 Å². The van der Waals surface area contributed by atoms with E-state index in [1.54, 1.807) is 12.1 Å². The first-order valence-corrected chi connectivity index (χ1v) is 6.93. The minimum Gasteiger partial charge on any atom is -0.506 e. The minimum absolute atomic E-state index is 0.0565. The Morgan fingerprint density at radius 2 is 2.00 bits per heavy atom. The van der Waals surface area contributed by atoms with E-state index in [1.165, 1.54) is 0 Å². The van der Waals surface area contributed by atoms with E-state index in [1.807, 2.05) is 37.3 Å². The van der Waals surface area contributed by atoms with Gasteiger partial charge in [-0.1, -0.05) is 40.2 Å². The summed E-state index contributed by atoms with van der Waals surface area (Å²) in [5.41, 5.74) is 2.30. The maximum Gasteiger partial charge on any atom is 0.319 e. The molecular formula is C15H15BrN2O2. The molecule has 0 atom stereocenters. The van der Waals surface area contributed by atoms with Gasteiger partial charge in [0.2, 0.25) is 0 Å². The van der Waals surface area contributed by atoms with Crippen LogP contribution in [0, 0.1) is 6.92 Å². The molecule has 0 aromatic heterocycles. The molecular weight excluding hydrogens is 320 g/mol. The molecule has 0 saturated heterocycles. The molecule has 0 saturated carbocycles. The number of nitrogens with one attached hydrogen (secondary N) is 2. The Balaban J connectivity index is 1.94. The Bertz CT molecular complexity index is 629. The van der Waals surface area contributed by atoms with Crippen molar-refractivity contribution >= 4 is 27.6 Å². The summed E-state index contributed by atoms with van der Waals surface area (Å²) in [6.45, 7) is 2.27. The first kappa shape index (κ1) is 14.4. The lowest BCUT2D eigenvalue weighted by molar-refractivity contribution is 0.251. The highest BCUT2D eigenvalue weighted by Gasteiger charge is 2.06. The Morgan fingerprint density at radius 3 is 2.70 bits per heavy atom. The van der Waals surface area contributed by atoms with Crippen LogP contribution >= 0.6 is 15.9 Å². The number of aryl methyl sites for hydroxylation is 1. The highest BCUT2D eigenvalue weighted by Crippen LogP contribution is 2.23. The van der Waals surface area contributed by atoms with Crippen LogP contribution in [-0.4, -0.2) is 11.1 Å². The molecule has 0 heterocycles. The van der Waals surface area contributed by atoms with Crippen LogP contribution in [-0.2, 0) is 6.54 Å². The first-order valence-electron chi connectivity index (χ1n) is 6.14. The lowest BCUT2D eigenvalue weighted by Gasteiger charge is -2.10. The van der Waals surface area contributed by atoms with Crippen molar-refractivity contribution in [2.75, 3.05) is 5.32 Å². The fourth-order valence-electron chi connectivity index (χ4n) is 1.73. The smallest absolute Gasteiger partial charge is 0.319 e. The van der Waals surface area contributed by atoms with E-state index in [4.69, 9.17) is 0 Å². The van der Waals surface area contributed by atoms with Crippen LogP contribution in [0.2, 0.25) is 0 Å². The normalized spacial score (nSPS) is 10.1. The van der Waals surface area contributed by atoms with Gasteiger partial charge >= 0.3 is 6.03 Å². The first-order chi connectivity index (χ1) is 9.56. The van der Waals surface area contributed by atoms with Crippen molar-refractivity contribution in [1.82, 2.24) is 5.32 Å². The quantitative estimate of drug-likeness (QED) is 0.748. The van der Waals surface area contributed by atoms with Crippen LogP contribution in [0.1, 0.15) is 11.1 Å². The maximum atomic E-state index is 11.8. The third kappa shape index (κ3) is 3.74. The van der Waals surface area contributed by atoms with Crippen LogP contribution in [0.25, 0.3) is 0 Å². The predicted molar refractivity (Wildman–Crippen MR) is 82.8 cm³/mol. The molecule has 0 aliphatic carbocycles. The van der Waals surface area contributed by atoms with E-state index in [0.29, 0.717) is 12.2 Å². The zero-order valence-corrected chi connectivity index (χ0v) is 12.6. The SMILES string of the molecule is Cc1ccc(NC(=O)NCc2ccccc2Br)c(O)c1. The van der Waals surface area contributed by atoms with Gasteiger partial charge in [-0.15, -0.1) is 0 Å². The number of carbonyl (C=O) groups is 1. The summed E-state index contributed by atoms with van der Waals surface area (Å²) in [4.78, 5) is 11.8. The summed E-state index contributed by atoms with van der Waals surface area (Å²) in [7, 11) is 0. The highest BCUT2D eigenvalue weighted by molar-refractivity contribution is 9.10. The number of phenols is 1. The van der Waals surface area contributed by atoms with Crippen molar-refractivity contribution in [3.05, 3.63) is 58.1 Å². The Labute approximate surface area is 126 Å². The lowest BCUT2D eigenvalue weighted by Crippen LogP contribution is -2.28. The molecule has 20 heavy (non-hydrogen) atoms. The maximum absolute atomic E-state index is 11.8. The number of aromatic hydroxyl groups is 1. The summed E-state index contributed by atoms with van der Waals surface area (Å²) < 4.78 is 0.943. The predicted octanol–water partition coefficient (Wildman–Crippen LogP) is 3.78. The summed E-state index contributed by atoms with van der Waals surface area (Å²) in [6, 6.07) is 12.4. The van der Waals surface area contributed by atoms with Crippen molar-refractivity contribution in [1.29, 1.82) is 0 Å². The van der Waals surface area contributed by atoms with Gasteiger partial charge in [0.1, 0.15) is 5.75 Å². The van der Waals surface area contributed by atoms with Crippen molar-refractivity contribution in [3.8, 4) is 5.75 Å². The molecule has 0 spiro atoms. The number of phenolic OH excluding ortho intramolecular Hbond substituents is 1. The molecule has 104 valence electrons. The largest absolute Gasteiger partial charge is 0.506 e. The van der Waals surface area contributed by atoms with E-state index in [9.17, 15) is 9.90 Å². The summed E-state index contributed by atoms with van der Waals surface area (Å²) >= 11 is 3.42. The molecule has 0 unspecified atom stereocenters. The van der Waals surface area contributed by atoms with Gasteiger partial charge in [0.25, 0.3) is 0 Å². The third-order valence-corrected chi connectivity index (χ3v) is 3.57. The number of benzene rings is 2. The molecule has 0 fully saturated rings. The molecule has 2 amide bonds. The van der Waals surface area contributed by atoms with Crippen molar-refractivity contribution < 1.29 is 9.90 Å². The molecule has 0 radical (unpaired) electrons. The van der Waals surface area contributed by atoms with Gasteiger partial charge < -0.3 is 15.7 Å². The fourth-order valence-corrected chi connectivity index (χ4v) is 2.16. The fraction of sp³-hybridized carbons (Fsp3) is 0.133. The molecule has 2 aromatic rings. The second-order valence-electron chi connectivity index (χ2n) is 4.42. The molecule has 0 aliphatic heterocycles. The average molecular weight is 335 g/mol. The molecule has 2 rings (SSSR count). The number of rotatable bonds is 3. The van der Waals surface area contributed by atoms with Gasteiger partial charge in [-0.3, -0.25) is 0 Å². The Kier molecular flexibility index (Phi) is 4.63. The number of hydrogen-bond acceptors (Lipinski definition) is 2. The Morgan fingerprint density at radius 1 is 1.25 bits per heavy atom. The topological polar surface area (TPSA) is 61.4 Å². The van der Waals surface area contributed by atoms with Crippen LogP contribution in [0.3, 0.4) is 0 Å². The zero-order valence-electron chi connectivity index (χ0n) is 11.0. The molecule has 0 aliphatic rings. The van der Waals surface area contributed by atoms with E-state index in [0.717, 1.165) is 15.6 Å². The standard InChI is InChI=1S/C15H15BrN2O2/c1-10-6-7-13(14(19)8-10)18-15(20)17-9-11-4-2-3-5-12(11)16/h2-8,19H,9H2,1H3,(H2,17,18,20). The molecule has 0 bridgehead atoms. The molecule has 2 aromatic carbocycles. The molecule has 4 nitrogen and oxygen atoms in total. The summed E-state index contributed by atoms with van der Waals surface area (Å²) in [6.07, 6.45) is 0. The lowest BCUT2D eigenvalue weighted by atomic mass is 10.2. The summed E-state index contributed by atoms with van der Waals surface area (Å²) in [5, 5.41) is 15.1. The number of amides is 2.